The Morgan fingerprint density at radius 2 is 0.257 bits per heavy atom. The molecule has 0 saturated heterocycles. The minimum Gasteiger partial charge on any atom is -0.210 e. The van der Waals surface area contributed by atoms with Crippen molar-refractivity contribution in [2.75, 3.05) is 76.7 Å². The van der Waals surface area contributed by atoms with Crippen molar-refractivity contribution in [3.63, 3.8) is 0 Å². The van der Waals surface area contributed by atoms with Crippen molar-refractivity contribution < 1.29 is 119 Å². The molecule has 0 spiro atoms. The van der Waals surface area contributed by atoms with Crippen LogP contribution in [0.15, 0.2) is 0 Å². The van der Waals surface area contributed by atoms with E-state index < -0.39 is 0 Å². The Bertz CT molecular complexity index is 1410. The fraction of sp³-hybridized carbons (Fsp3) is 1.00. The molecule has 694 valence electrons. The highest BCUT2D eigenvalue weighted by Gasteiger charge is 2.08. The predicted molar refractivity (Wildman–Crippen MR) is 458 cm³/mol. The highest BCUT2D eigenvalue weighted by molar-refractivity contribution is 4.55. The average Bonchev–Trinajstić information content (AvgIpc) is 2.06. The van der Waals surface area contributed by atoms with Gasteiger partial charge in [-0.05, 0) is 86.0 Å². The van der Waals surface area contributed by atoms with E-state index in [-0.39, 0.29) is 30.5 Å². The van der Waals surface area contributed by atoms with Crippen LogP contribution in [0.5, 0.6) is 0 Å². The second-order valence-electron chi connectivity index (χ2n) is 29.4. The van der Waals surface area contributed by atoms with Gasteiger partial charge in [0.15, 0.2) is 0 Å². The van der Waals surface area contributed by atoms with Crippen molar-refractivity contribution >= 4 is 0 Å². The third-order valence-corrected chi connectivity index (χ3v) is 18.0. The maximum Gasteiger partial charge on any atom is 0.0933 e. The zero-order chi connectivity index (χ0) is 85.4. The van der Waals surface area contributed by atoms with Crippen LogP contribution in [0.1, 0.15) is 475 Å². The maximum atomic E-state index is 4.91. The van der Waals surface area contributed by atoms with Crippen LogP contribution in [0, 0.1) is 0 Å². The number of unbranched alkanes of at least 4 members (excludes halogenated alkanes) is 47. The molecular formula is C89H194O24. The molecule has 0 amide bonds. The van der Waals surface area contributed by atoms with Crippen molar-refractivity contribution in [1.29, 1.82) is 0 Å². The smallest absolute Gasteiger partial charge is 0.0933 e. The van der Waals surface area contributed by atoms with E-state index >= 15 is 0 Å². The summed E-state index contributed by atoms with van der Waals surface area (Å²) in [6, 6.07) is 0. The van der Waals surface area contributed by atoms with Crippen molar-refractivity contribution in [3.8, 4) is 0 Å². The lowest BCUT2D eigenvalue weighted by Gasteiger charge is -2.09. The number of hydrogen-bond donors (Lipinski definition) is 0. The first-order valence-corrected chi connectivity index (χ1v) is 46.1. The van der Waals surface area contributed by atoms with Gasteiger partial charge in [0.25, 0.3) is 0 Å². The van der Waals surface area contributed by atoms with E-state index in [1.807, 2.05) is 34.6 Å². The van der Waals surface area contributed by atoms with Crippen LogP contribution < -0.4 is 0 Å². The summed E-state index contributed by atoms with van der Waals surface area (Å²) in [6.45, 7) is 29.7. The van der Waals surface area contributed by atoms with Gasteiger partial charge in [-0.3, -0.25) is 0 Å². The zero-order valence-electron chi connectivity index (χ0n) is 78.2. The van der Waals surface area contributed by atoms with Crippen LogP contribution >= 0.6 is 0 Å². The molecule has 0 aliphatic heterocycles. The minimum absolute atomic E-state index is 0.126. The van der Waals surface area contributed by atoms with Gasteiger partial charge in [0.2, 0.25) is 0 Å². The lowest BCUT2D eigenvalue weighted by Crippen LogP contribution is -2.08. The second-order valence-corrected chi connectivity index (χ2v) is 29.4. The second kappa shape index (κ2) is 132. The van der Waals surface area contributed by atoms with E-state index in [2.05, 4.69) is 135 Å². The average molecular weight is 1650 g/mol. The van der Waals surface area contributed by atoms with Gasteiger partial charge in [-0.25, -0.2) is 78.2 Å². The molecule has 0 aliphatic carbocycles. The van der Waals surface area contributed by atoms with Crippen LogP contribution in [0.4, 0.5) is 0 Å². The molecule has 0 aliphatic rings. The minimum atomic E-state index is 0.126. The monoisotopic (exact) mass is 1650 g/mol. The van der Waals surface area contributed by atoms with Crippen molar-refractivity contribution in [2.45, 2.75) is 506 Å². The summed E-state index contributed by atoms with van der Waals surface area (Å²) in [5.41, 5.74) is 0. The fourth-order valence-electron chi connectivity index (χ4n) is 11.1. The summed E-state index contributed by atoms with van der Waals surface area (Å²) in [5.74, 6) is 0. The summed E-state index contributed by atoms with van der Waals surface area (Å²) in [5, 5.41) is 34.8. The molecule has 5 unspecified atom stereocenters. The highest BCUT2D eigenvalue weighted by atomic mass is 17.5. The van der Waals surface area contributed by atoms with Crippen LogP contribution in [-0.2, 0) is 119 Å². The molecule has 0 heterocycles. The molecule has 0 fully saturated rings. The van der Waals surface area contributed by atoms with E-state index in [0.717, 1.165) is 51.4 Å². The van der Waals surface area contributed by atoms with E-state index in [1.165, 1.54) is 391 Å². The Kier molecular flexibility index (Phi) is 149. The van der Waals surface area contributed by atoms with E-state index in [0.29, 0.717) is 19.8 Å². The molecule has 0 aromatic heterocycles. The molecule has 0 aromatic carbocycles. The van der Waals surface area contributed by atoms with Crippen LogP contribution in [0.3, 0.4) is 0 Å². The molecule has 0 saturated carbocycles. The summed E-state index contributed by atoms with van der Waals surface area (Å²) in [4.78, 5) is 73.1. The quantitative estimate of drug-likeness (QED) is 0.0314. The van der Waals surface area contributed by atoms with Crippen LogP contribution in [0.25, 0.3) is 0 Å². The van der Waals surface area contributed by atoms with E-state index in [9.17, 15) is 0 Å². The van der Waals surface area contributed by atoms with Crippen molar-refractivity contribution in [3.05, 3.63) is 0 Å². The Morgan fingerprint density at radius 1 is 0.142 bits per heavy atom. The third-order valence-electron chi connectivity index (χ3n) is 18.0. The SMILES string of the molecule is CCCCCC(C)OOOC.CCCCCCC(C)OOOC.CCCCCCCC(C)OOOC.CCCCCCCCC(C)OOOC.CCCCCCCCCC(C)OOOC.CCCCCCCCCCCCCOOOC.CCCCCCCCCCCCOOOC.CCCCCCCCCCCOOOC. The normalized spacial score (nSPS) is 12.2. The van der Waals surface area contributed by atoms with Gasteiger partial charge in [0.05, 0.1) is 107 Å². The molecule has 0 aromatic rings. The summed E-state index contributed by atoms with van der Waals surface area (Å²) >= 11 is 0. The third kappa shape index (κ3) is 153. The largest absolute Gasteiger partial charge is 0.210 e. The molecule has 0 N–H and O–H groups in total. The Hall–Kier alpha value is -0.960. The van der Waals surface area contributed by atoms with Crippen LogP contribution in [0.2, 0.25) is 0 Å². The fourth-order valence-corrected chi connectivity index (χ4v) is 11.1. The Balaban J connectivity index is -0.000000186. The first-order chi connectivity index (χ1) is 55.3. The molecule has 0 radical (unpaired) electrons. The number of hydrogen-bond acceptors (Lipinski definition) is 24. The topological polar surface area (TPSA) is 222 Å². The van der Waals surface area contributed by atoms with Gasteiger partial charge in [0, 0.05) is 0 Å². The van der Waals surface area contributed by atoms with Gasteiger partial charge >= 0.3 is 0 Å². The Labute approximate surface area is 697 Å². The molecule has 5 atom stereocenters. The molecule has 113 heavy (non-hydrogen) atoms. The maximum absolute atomic E-state index is 4.91. The Morgan fingerprint density at radius 3 is 0.407 bits per heavy atom. The molecule has 0 rings (SSSR count). The lowest BCUT2D eigenvalue weighted by atomic mass is 10.1. The van der Waals surface area contributed by atoms with Gasteiger partial charge in [-0.15, -0.1) is 0 Å². The standard InChI is InChI=1S/C14H30O3.C13H28O3.2C12H26O3.C11H24O3.C10H22O3.C9H20O3.C8H18O3/c1-3-4-5-6-7-8-9-10-11-12-13-14-16-17-15-2;1-3-4-5-6-7-8-9-10-11-12-13-15-16-14-2;1-4-5-6-7-8-9-10-11-12(2)14-15-13-3;1-3-4-5-6-7-8-9-10-11-12-14-15-13-2;1-4-5-6-7-8-9-10-11(2)13-14-12-3;1-4-5-6-7-8-9-10(2)12-13-11-3;1-4-5-6-7-8-9(2)11-12-10-3;1-4-5-6-7-8(2)10-11-9-3/h3-14H2,1-2H3;3-13H2,1-2H3;12H,4-11H2,1-3H3;3-12H2,1-2H3;11H,4-10H2,1-3H3;10H,4-9H2,1-3H3;9H,4-8H2,1-3H3;8H,4-7H2,1-3H3. The van der Waals surface area contributed by atoms with Crippen molar-refractivity contribution in [1.82, 2.24) is 0 Å². The van der Waals surface area contributed by atoms with Gasteiger partial charge < -0.3 is 0 Å². The molecule has 24 nitrogen and oxygen atoms in total. The first-order valence-electron chi connectivity index (χ1n) is 46.1. The molecule has 0 bridgehead atoms. The predicted octanol–water partition coefficient (Wildman–Crippen LogP) is 29.5. The number of rotatable bonds is 84. The van der Waals surface area contributed by atoms with Crippen molar-refractivity contribution in [2.24, 2.45) is 0 Å². The molecular weight excluding hydrogens is 1450 g/mol. The van der Waals surface area contributed by atoms with Gasteiger partial charge in [-0.1, -0.05) is 430 Å². The summed E-state index contributed by atoms with van der Waals surface area (Å²) in [6.07, 6.45) is 78.1. The van der Waals surface area contributed by atoms with Crippen LogP contribution in [-0.4, -0.2) is 107 Å². The lowest BCUT2D eigenvalue weighted by molar-refractivity contribution is -0.515. The van der Waals surface area contributed by atoms with E-state index in [4.69, 9.17) is 39.1 Å². The van der Waals surface area contributed by atoms with Gasteiger partial charge in [0.1, 0.15) is 0 Å². The highest BCUT2D eigenvalue weighted by Crippen LogP contribution is 2.17. The summed E-state index contributed by atoms with van der Waals surface area (Å²) < 4.78 is 0. The summed E-state index contributed by atoms with van der Waals surface area (Å²) in [7, 11) is 11.5. The molecule has 24 heteroatoms. The first kappa shape index (κ1) is 128. The zero-order valence-corrected chi connectivity index (χ0v) is 78.2. The van der Waals surface area contributed by atoms with E-state index in [1.54, 1.807) is 0 Å². The van der Waals surface area contributed by atoms with Gasteiger partial charge in [-0.2, -0.15) is 0 Å².